The Labute approximate surface area is 93.1 Å². The summed E-state index contributed by atoms with van der Waals surface area (Å²) in [6, 6.07) is 3.69. The maximum Gasteiger partial charge on any atom is 0.137 e. The third-order valence-corrected chi connectivity index (χ3v) is 2.02. The van der Waals surface area contributed by atoms with Crippen LogP contribution in [0.25, 0.3) is 0 Å². The van der Waals surface area contributed by atoms with Gasteiger partial charge in [-0.15, -0.1) is 5.10 Å². The van der Waals surface area contributed by atoms with E-state index in [9.17, 15) is 0 Å². The molecule has 0 atom stereocenters. The van der Waals surface area contributed by atoms with E-state index in [2.05, 4.69) is 15.3 Å². The summed E-state index contributed by atoms with van der Waals surface area (Å²) in [7, 11) is 0. The lowest BCUT2D eigenvalue weighted by molar-refractivity contribution is 0.288. The van der Waals surface area contributed by atoms with Crippen molar-refractivity contribution < 1.29 is 4.74 Å². The SMILES string of the molecule is NCc1cn(CCOc2cccnc2)nn1. The van der Waals surface area contributed by atoms with Crippen molar-refractivity contribution in [3.05, 3.63) is 36.4 Å². The Kier molecular flexibility index (Phi) is 3.45. The minimum absolute atomic E-state index is 0.406. The Balaban J connectivity index is 1.80. The minimum atomic E-state index is 0.406. The lowest BCUT2D eigenvalue weighted by Gasteiger charge is -2.04. The van der Waals surface area contributed by atoms with Crippen molar-refractivity contribution in [2.24, 2.45) is 5.73 Å². The van der Waals surface area contributed by atoms with Crippen LogP contribution in [0.1, 0.15) is 5.69 Å². The van der Waals surface area contributed by atoms with E-state index in [-0.39, 0.29) is 0 Å². The second-order valence-corrected chi connectivity index (χ2v) is 3.21. The molecule has 0 aliphatic rings. The van der Waals surface area contributed by atoms with Crippen LogP contribution < -0.4 is 10.5 Å². The molecule has 16 heavy (non-hydrogen) atoms. The lowest BCUT2D eigenvalue weighted by atomic mass is 10.5. The smallest absolute Gasteiger partial charge is 0.137 e. The van der Waals surface area contributed by atoms with Crippen molar-refractivity contribution in [2.45, 2.75) is 13.1 Å². The molecule has 0 aliphatic heterocycles. The van der Waals surface area contributed by atoms with Crippen LogP contribution >= 0.6 is 0 Å². The molecule has 2 rings (SSSR count). The Hall–Kier alpha value is -1.95. The van der Waals surface area contributed by atoms with Crippen molar-refractivity contribution in [1.29, 1.82) is 0 Å². The Morgan fingerprint density at radius 3 is 3.06 bits per heavy atom. The third kappa shape index (κ3) is 2.77. The van der Waals surface area contributed by atoms with E-state index in [4.69, 9.17) is 10.5 Å². The molecule has 0 saturated carbocycles. The van der Waals surface area contributed by atoms with E-state index >= 15 is 0 Å². The van der Waals surface area contributed by atoms with Gasteiger partial charge in [-0.25, -0.2) is 4.68 Å². The van der Waals surface area contributed by atoms with Crippen LogP contribution in [0.15, 0.2) is 30.7 Å². The summed E-state index contributed by atoms with van der Waals surface area (Å²) in [5, 5.41) is 7.79. The highest BCUT2D eigenvalue weighted by Gasteiger charge is 1.98. The van der Waals surface area contributed by atoms with Crippen LogP contribution in [-0.4, -0.2) is 26.6 Å². The molecule has 0 saturated heterocycles. The fourth-order valence-corrected chi connectivity index (χ4v) is 1.23. The largest absolute Gasteiger partial charge is 0.490 e. The second kappa shape index (κ2) is 5.22. The molecule has 2 heterocycles. The van der Waals surface area contributed by atoms with Gasteiger partial charge in [-0.2, -0.15) is 0 Å². The third-order valence-electron chi connectivity index (χ3n) is 2.02. The predicted molar refractivity (Wildman–Crippen MR) is 57.6 cm³/mol. The van der Waals surface area contributed by atoms with Gasteiger partial charge in [0, 0.05) is 18.9 Å². The molecule has 0 spiro atoms. The molecule has 0 aliphatic carbocycles. The molecule has 0 bridgehead atoms. The van der Waals surface area contributed by atoms with Crippen LogP contribution in [-0.2, 0) is 13.1 Å². The zero-order chi connectivity index (χ0) is 11.2. The lowest BCUT2D eigenvalue weighted by Crippen LogP contribution is -2.08. The van der Waals surface area contributed by atoms with Crippen molar-refractivity contribution in [2.75, 3.05) is 6.61 Å². The molecule has 0 radical (unpaired) electrons. The molecule has 2 aromatic heterocycles. The van der Waals surface area contributed by atoms with E-state index in [1.807, 2.05) is 18.3 Å². The van der Waals surface area contributed by atoms with E-state index < -0.39 is 0 Å². The van der Waals surface area contributed by atoms with Crippen LogP contribution in [0, 0.1) is 0 Å². The van der Waals surface area contributed by atoms with Crippen LogP contribution in [0.2, 0.25) is 0 Å². The highest BCUT2D eigenvalue weighted by molar-refractivity contribution is 5.15. The molecule has 6 heteroatoms. The first-order valence-electron chi connectivity index (χ1n) is 5.00. The minimum Gasteiger partial charge on any atom is -0.490 e. The van der Waals surface area contributed by atoms with Gasteiger partial charge in [0.25, 0.3) is 0 Å². The van der Waals surface area contributed by atoms with Crippen molar-refractivity contribution in [1.82, 2.24) is 20.0 Å². The van der Waals surface area contributed by atoms with E-state index in [0.717, 1.165) is 11.4 Å². The summed E-state index contributed by atoms with van der Waals surface area (Å²) in [4.78, 5) is 3.95. The predicted octanol–water partition coefficient (Wildman–Crippen LogP) is 0.211. The van der Waals surface area contributed by atoms with Gasteiger partial charge in [0.1, 0.15) is 12.4 Å². The number of nitrogens with zero attached hydrogens (tertiary/aromatic N) is 4. The summed E-state index contributed by atoms with van der Waals surface area (Å²) < 4.78 is 7.18. The van der Waals surface area contributed by atoms with Crippen molar-refractivity contribution in [3.8, 4) is 5.75 Å². The van der Waals surface area contributed by atoms with Crippen LogP contribution in [0.3, 0.4) is 0 Å². The first-order valence-corrected chi connectivity index (χ1v) is 5.00. The molecule has 6 nitrogen and oxygen atoms in total. The summed E-state index contributed by atoms with van der Waals surface area (Å²) in [5.41, 5.74) is 6.21. The van der Waals surface area contributed by atoms with Crippen LogP contribution in [0.4, 0.5) is 0 Å². The first kappa shape index (κ1) is 10.6. The standard InChI is InChI=1S/C10H13N5O/c11-6-9-8-15(14-13-9)4-5-16-10-2-1-3-12-7-10/h1-3,7-8H,4-6,11H2. The average molecular weight is 219 g/mol. The fourth-order valence-electron chi connectivity index (χ4n) is 1.23. The van der Waals surface area contributed by atoms with Crippen molar-refractivity contribution >= 4 is 0 Å². The molecule has 0 amide bonds. The van der Waals surface area contributed by atoms with E-state index in [0.29, 0.717) is 19.7 Å². The second-order valence-electron chi connectivity index (χ2n) is 3.21. The molecule has 2 aromatic rings. The summed E-state index contributed by atoms with van der Waals surface area (Å²) in [5.74, 6) is 0.752. The molecule has 2 N–H and O–H groups in total. The number of rotatable bonds is 5. The topological polar surface area (TPSA) is 78.9 Å². The molecule has 0 aromatic carbocycles. The summed E-state index contributed by atoms with van der Waals surface area (Å²) in [6.07, 6.45) is 5.19. The molecule has 84 valence electrons. The van der Waals surface area contributed by atoms with Crippen molar-refractivity contribution in [3.63, 3.8) is 0 Å². The highest BCUT2D eigenvalue weighted by Crippen LogP contribution is 2.05. The monoisotopic (exact) mass is 219 g/mol. The number of ether oxygens (including phenoxy) is 1. The Morgan fingerprint density at radius 2 is 2.38 bits per heavy atom. The molecular formula is C10H13N5O. The molecular weight excluding hydrogens is 206 g/mol. The number of hydrogen-bond donors (Lipinski definition) is 1. The highest BCUT2D eigenvalue weighted by atomic mass is 16.5. The zero-order valence-corrected chi connectivity index (χ0v) is 8.78. The van der Waals surface area contributed by atoms with Gasteiger partial charge >= 0.3 is 0 Å². The maximum atomic E-state index is 5.47. The first-order chi connectivity index (χ1) is 7.88. The van der Waals surface area contributed by atoms with Crippen LogP contribution in [0.5, 0.6) is 5.75 Å². The maximum absolute atomic E-state index is 5.47. The Morgan fingerprint density at radius 1 is 1.44 bits per heavy atom. The molecule has 0 fully saturated rings. The number of hydrogen-bond acceptors (Lipinski definition) is 5. The normalized spacial score (nSPS) is 10.3. The van der Waals surface area contributed by atoms with Gasteiger partial charge in [-0.1, -0.05) is 5.21 Å². The van der Waals surface area contributed by atoms with E-state index in [1.165, 1.54) is 0 Å². The van der Waals surface area contributed by atoms with Gasteiger partial charge in [-0.05, 0) is 12.1 Å². The van der Waals surface area contributed by atoms with Gasteiger partial charge in [-0.3, -0.25) is 4.98 Å². The summed E-state index contributed by atoms with van der Waals surface area (Å²) >= 11 is 0. The fraction of sp³-hybridized carbons (Fsp3) is 0.300. The van der Waals surface area contributed by atoms with E-state index in [1.54, 1.807) is 17.1 Å². The number of nitrogens with two attached hydrogens (primary N) is 1. The number of pyridine rings is 1. The average Bonchev–Trinajstić information content (AvgIpc) is 2.78. The van der Waals surface area contributed by atoms with Gasteiger partial charge in [0.15, 0.2) is 0 Å². The Bertz CT molecular complexity index is 428. The summed E-state index contributed by atoms with van der Waals surface area (Å²) in [6.45, 7) is 1.57. The molecule has 0 unspecified atom stereocenters. The van der Waals surface area contributed by atoms with Gasteiger partial charge in [0.2, 0.25) is 0 Å². The quantitative estimate of drug-likeness (QED) is 0.777. The van der Waals surface area contributed by atoms with Gasteiger partial charge in [0.05, 0.1) is 18.4 Å². The van der Waals surface area contributed by atoms with Gasteiger partial charge < -0.3 is 10.5 Å². The zero-order valence-electron chi connectivity index (χ0n) is 8.78. The number of aromatic nitrogens is 4.